The Bertz CT molecular complexity index is 531. The SMILES string of the molecule is CNc1ncc(F)cc1C(=O)Nc1nnns1. The molecule has 0 aliphatic rings. The quantitative estimate of drug-likeness (QED) is 0.840. The van der Waals surface area contributed by atoms with Gasteiger partial charge in [-0.1, -0.05) is 9.59 Å². The smallest absolute Gasteiger partial charge is 0.261 e. The zero-order valence-corrected chi connectivity index (χ0v) is 9.45. The van der Waals surface area contributed by atoms with Gasteiger partial charge in [-0.2, -0.15) is 0 Å². The Morgan fingerprint density at radius 3 is 3.00 bits per heavy atom. The van der Waals surface area contributed by atoms with Gasteiger partial charge in [0, 0.05) is 18.6 Å². The van der Waals surface area contributed by atoms with E-state index in [-0.39, 0.29) is 16.5 Å². The van der Waals surface area contributed by atoms with E-state index in [1.54, 1.807) is 7.05 Å². The Balaban J connectivity index is 2.26. The second-order valence-electron chi connectivity index (χ2n) is 2.92. The number of pyridine rings is 1. The lowest BCUT2D eigenvalue weighted by atomic mass is 10.2. The normalized spacial score (nSPS) is 10.0. The highest BCUT2D eigenvalue weighted by Crippen LogP contribution is 2.15. The van der Waals surface area contributed by atoms with Crippen molar-refractivity contribution < 1.29 is 9.18 Å². The summed E-state index contributed by atoms with van der Waals surface area (Å²) in [6.07, 6.45) is 1.02. The number of anilines is 2. The van der Waals surface area contributed by atoms with Gasteiger partial charge >= 0.3 is 0 Å². The summed E-state index contributed by atoms with van der Waals surface area (Å²) in [6.45, 7) is 0. The Morgan fingerprint density at radius 2 is 2.35 bits per heavy atom. The third kappa shape index (κ3) is 2.50. The maximum Gasteiger partial charge on any atom is 0.261 e. The molecule has 0 fully saturated rings. The number of halogens is 1. The summed E-state index contributed by atoms with van der Waals surface area (Å²) in [7, 11) is 1.59. The molecule has 2 heterocycles. The molecule has 0 bridgehead atoms. The predicted octanol–water partition coefficient (Wildman–Crippen LogP) is 0.761. The highest BCUT2D eigenvalue weighted by Gasteiger charge is 2.14. The number of carbonyl (C=O) groups excluding carboxylic acids is 1. The Hall–Kier alpha value is -2.16. The molecule has 9 heteroatoms. The summed E-state index contributed by atoms with van der Waals surface area (Å²) in [5.41, 5.74) is 0.0858. The molecule has 2 N–H and O–H groups in total. The summed E-state index contributed by atoms with van der Waals surface area (Å²) in [4.78, 5) is 15.5. The van der Waals surface area contributed by atoms with Crippen molar-refractivity contribution in [1.82, 2.24) is 19.8 Å². The fraction of sp³-hybridized carbons (Fsp3) is 0.125. The molecule has 0 aliphatic heterocycles. The summed E-state index contributed by atoms with van der Waals surface area (Å²) in [5.74, 6) is -0.842. The molecular formula is C8H7FN6OS. The average molecular weight is 254 g/mol. The predicted molar refractivity (Wildman–Crippen MR) is 59.4 cm³/mol. The molecule has 2 aromatic heterocycles. The van der Waals surface area contributed by atoms with Gasteiger partial charge in [0.05, 0.1) is 11.8 Å². The molecule has 0 unspecified atom stereocenters. The lowest BCUT2D eigenvalue weighted by Crippen LogP contribution is -2.15. The van der Waals surface area contributed by atoms with Gasteiger partial charge in [0.15, 0.2) is 0 Å². The first kappa shape index (κ1) is 11.3. The summed E-state index contributed by atoms with van der Waals surface area (Å²) in [5, 5.41) is 12.2. The standard InChI is InChI=1S/C8H7FN6OS/c1-10-6-5(2-4(9)3-11-6)7(16)12-8-13-14-15-17-8/h2-3H,1H3,(H,10,11)(H,12,13,15,16). The van der Waals surface area contributed by atoms with Crippen LogP contribution in [0.4, 0.5) is 15.3 Å². The Labute approximate surface area is 99.2 Å². The number of aromatic nitrogens is 4. The fourth-order valence-electron chi connectivity index (χ4n) is 1.16. The number of nitrogens with zero attached hydrogens (tertiary/aromatic N) is 4. The van der Waals surface area contributed by atoms with Crippen LogP contribution in [0.25, 0.3) is 0 Å². The minimum Gasteiger partial charge on any atom is -0.372 e. The molecule has 0 aliphatic carbocycles. The van der Waals surface area contributed by atoms with Crippen LogP contribution in [0.3, 0.4) is 0 Å². The molecule has 0 saturated heterocycles. The molecule has 17 heavy (non-hydrogen) atoms. The lowest BCUT2D eigenvalue weighted by molar-refractivity contribution is 0.102. The molecule has 0 radical (unpaired) electrons. The van der Waals surface area contributed by atoms with Gasteiger partial charge in [-0.15, -0.1) is 0 Å². The van der Waals surface area contributed by atoms with Crippen molar-refractivity contribution in [2.24, 2.45) is 0 Å². The zero-order valence-electron chi connectivity index (χ0n) is 8.64. The van der Waals surface area contributed by atoms with E-state index in [4.69, 9.17) is 0 Å². The maximum atomic E-state index is 13.0. The van der Waals surface area contributed by atoms with Crippen LogP contribution < -0.4 is 10.6 Å². The first-order valence-electron chi connectivity index (χ1n) is 4.50. The first-order valence-corrected chi connectivity index (χ1v) is 5.27. The molecule has 0 saturated carbocycles. The van der Waals surface area contributed by atoms with E-state index in [1.807, 2.05) is 0 Å². The second-order valence-corrected chi connectivity index (χ2v) is 3.65. The van der Waals surface area contributed by atoms with E-state index >= 15 is 0 Å². The van der Waals surface area contributed by atoms with E-state index in [0.717, 1.165) is 23.8 Å². The van der Waals surface area contributed by atoms with Crippen molar-refractivity contribution in [3.63, 3.8) is 0 Å². The minimum absolute atomic E-state index is 0.0858. The van der Waals surface area contributed by atoms with Gasteiger partial charge in [-0.05, 0) is 11.3 Å². The van der Waals surface area contributed by atoms with Crippen LogP contribution in [0, 0.1) is 5.82 Å². The van der Waals surface area contributed by atoms with E-state index in [9.17, 15) is 9.18 Å². The topological polar surface area (TPSA) is 92.7 Å². The summed E-state index contributed by atoms with van der Waals surface area (Å²) >= 11 is 0.925. The van der Waals surface area contributed by atoms with Crippen LogP contribution in [0.1, 0.15) is 10.4 Å². The number of hydrogen-bond acceptors (Lipinski definition) is 7. The van der Waals surface area contributed by atoms with Crippen molar-refractivity contribution in [1.29, 1.82) is 0 Å². The lowest BCUT2D eigenvalue weighted by Gasteiger charge is -2.06. The van der Waals surface area contributed by atoms with E-state index in [1.165, 1.54) is 0 Å². The van der Waals surface area contributed by atoms with Crippen molar-refractivity contribution in [3.05, 3.63) is 23.6 Å². The van der Waals surface area contributed by atoms with Crippen LogP contribution in [0.15, 0.2) is 12.3 Å². The molecule has 2 rings (SSSR count). The van der Waals surface area contributed by atoms with Crippen molar-refractivity contribution in [2.75, 3.05) is 17.7 Å². The largest absolute Gasteiger partial charge is 0.372 e. The number of nitrogens with one attached hydrogen (secondary N) is 2. The summed E-state index contributed by atoms with van der Waals surface area (Å²) < 4.78 is 16.5. The molecule has 0 spiro atoms. The zero-order chi connectivity index (χ0) is 12.3. The maximum absolute atomic E-state index is 13.0. The molecule has 0 aromatic carbocycles. The average Bonchev–Trinajstić information content (AvgIpc) is 2.81. The second kappa shape index (κ2) is 4.78. The van der Waals surface area contributed by atoms with Gasteiger partial charge in [0.25, 0.3) is 5.91 Å². The van der Waals surface area contributed by atoms with Gasteiger partial charge in [-0.25, -0.2) is 9.37 Å². The van der Waals surface area contributed by atoms with Gasteiger partial charge in [-0.3, -0.25) is 10.1 Å². The molecule has 88 valence electrons. The molecule has 2 aromatic rings. The summed E-state index contributed by atoms with van der Waals surface area (Å²) in [6, 6.07) is 1.09. The fourth-order valence-corrected chi connectivity index (χ4v) is 1.52. The van der Waals surface area contributed by atoms with Gasteiger partial charge < -0.3 is 5.32 Å². The van der Waals surface area contributed by atoms with Crippen molar-refractivity contribution in [2.45, 2.75) is 0 Å². The van der Waals surface area contributed by atoms with Crippen LogP contribution in [-0.2, 0) is 0 Å². The highest BCUT2D eigenvalue weighted by atomic mass is 32.1. The van der Waals surface area contributed by atoms with Gasteiger partial charge in [0.2, 0.25) is 5.13 Å². The third-order valence-corrected chi connectivity index (χ3v) is 2.37. The first-order chi connectivity index (χ1) is 8.20. The Morgan fingerprint density at radius 1 is 1.53 bits per heavy atom. The van der Waals surface area contributed by atoms with Crippen LogP contribution in [0.5, 0.6) is 0 Å². The molecule has 0 atom stereocenters. The number of hydrogen-bond donors (Lipinski definition) is 2. The Kier molecular flexibility index (Phi) is 3.19. The number of rotatable bonds is 3. The number of carbonyl (C=O) groups is 1. The minimum atomic E-state index is -0.593. The van der Waals surface area contributed by atoms with Crippen molar-refractivity contribution in [3.8, 4) is 0 Å². The molecule has 7 nitrogen and oxygen atoms in total. The van der Waals surface area contributed by atoms with E-state index < -0.39 is 11.7 Å². The van der Waals surface area contributed by atoms with Crippen LogP contribution in [-0.4, -0.2) is 32.7 Å². The van der Waals surface area contributed by atoms with E-state index in [0.29, 0.717) is 0 Å². The molecule has 1 amide bonds. The monoisotopic (exact) mass is 254 g/mol. The van der Waals surface area contributed by atoms with Crippen LogP contribution >= 0.6 is 11.5 Å². The van der Waals surface area contributed by atoms with Gasteiger partial charge in [0.1, 0.15) is 11.6 Å². The van der Waals surface area contributed by atoms with Crippen molar-refractivity contribution >= 4 is 28.4 Å². The van der Waals surface area contributed by atoms with E-state index in [2.05, 4.69) is 30.4 Å². The highest BCUT2D eigenvalue weighted by molar-refractivity contribution is 7.09. The third-order valence-electron chi connectivity index (χ3n) is 1.86. The molecular weight excluding hydrogens is 247 g/mol. The number of amides is 1. The van der Waals surface area contributed by atoms with Crippen LogP contribution in [0.2, 0.25) is 0 Å².